The second kappa shape index (κ2) is 17.3. The lowest BCUT2D eigenvalue weighted by Crippen LogP contribution is -2.61. The normalized spacial score (nSPS) is 19.7. The van der Waals surface area contributed by atoms with Crippen molar-refractivity contribution >= 4 is 35.8 Å². The topological polar surface area (TPSA) is 213 Å². The van der Waals surface area contributed by atoms with E-state index in [0.29, 0.717) is 57.7 Å². The van der Waals surface area contributed by atoms with Crippen LogP contribution in [0.4, 0.5) is 14.0 Å². The zero-order valence-corrected chi connectivity index (χ0v) is 38.5. The van der Waals surface area contributed by atoms with Gasteiger partial charge in [-0.1, -0.05) is 90.1 Å². The third-order valence-electron chi connectivity index (χ3n) is 13.2. The van der Waals surface area contributed by atoms with E-state index in [0.717, 1.165) is 9.80 Å². The molecule has 0 spiro atoms. The molecule has 3 aromatic carbocycles. The van der Waals surface area contributed by atoms with Crippen LogP contribution in [0.5, 0.6) is 0 Å². The molecule has 4 aromatic rings. The molecule has 2 aliphatic heterocycles. The molecular formula is C49H60FN7O8. The maximum atomic E-state index is 14.6. The molecule has 16 heteroatoms. The van der Waals surface area contributed by atoms with Crippen molar-refractivity contribution in [1.82, 2.24) is 24.2 Å². The Morgan fingerprint density at radius 1 is 0.631 bits per heavy atom. The highest BCUT2D eigenvalue weighted by Gasteiger charge is 2.55. The molecule has 6 amide bonds. The summed E-state index contributed by atoms with van der Waals surface area (Å²) in [6.45, 7) is 12.8. The van der Waals surface area contributed by atoms with Gasteiger partial charge in [0.15, 0.2) is 0 Å². The molecule has 0 unspecified atom stereocenters. The Hall–Kier alpha value is -6.71. The summed E-state index contributed by atoms with van der Waals surface area (Å²) in [4.78, 5) is 84.8. The van der Waals surface area contributed by atoms with Gasteiger partial charge in [0.2, 0.25) is 23.6 Å². The van der Waals surface area contributed by atoms with Crippen LogP contribution in [0, 0.1) is 23.6 Å². The number of carboxylic acid groups (broad SMARTS) is 2. The predicted octanol–water partition coefficient (Wildman–Crippen LogP) is 6.91. The van der Waals surface area contributed by atoms with Crippen molar-refractivity contribution in [3.05, 3.63) is 101 Å². The molecule has 0 radical (unpaired) electrons. The summed E-state index contributed by atoms with van der Waals surface area (Å²) in [7, 11) is 2.68. The number of primary amides is 2. The van der Waals surface area contributed by atoms with Crippen molar-refractivity contribution in [1.29, 1.82) is 0 Å². The molecule has 2 fully saturated rings. The van der Waals surface area contributed by atoms with E-state index < -0.39 is 75.6 Å². The summed E-state index contributed by atoms with van der Waals surface area (Å²) in [5, 5.41) is 19.8. The van der Waals surface area contributed by atoms with Gasteiger partial charge in [-0.25, -0.2) is 14.0 Å². The molecule has 346 valence electrons. The fourth-order valence-corrected chi connectivity index (χ4v) is 10.2. The molecule has 6 N–H and O–H groups in total. The number of rotatable bonds is 11. The minimum Gasteiger partial charge on any atom is -0.465 e. The van der Waals surface area contributed by atoms with Gasteiger partial charge in [0.1, 0.15) is 29.0 Å². The second-order valence-electron chi connectivity index (χ2n) is 19.5. The quantitative estimate of drug-likeness (QED) is 0.124. The highest BCUT2D eigenvalue weighted by molar-refractivity contribution is 5.96. The minimum absolute atomic E-state index is 0.201. The predicted molar refractivity (Wildman–Crippen MR) is 243 cm³/mol. The first-order valence-corrected chi connectivity index (χ1v) is 21.6. The lowest BCUT2D eigenvalue weighted by molar-refractivity contribution is -0.150. The molecule has 2 aliphatic rings. The second-order valence-corrected chi connectivity index (χ2v) is 19.5. The number of likely N-dealkylation sites (tertiary alicyclic amines) is 2. The van der Waals surface area contributed by atoms with Crippen LogP contribution in [0.3, 0.4) is 0 Å². The monoisotopic (exact) mass is 893 g/mol. The van der Waals surface area contributed by atoms with Crippen molar-refractivity contribution in [3.8, 4) is 28.2 Å². The van der Waals surface area contributed by atoms with Crippen LogP contribution >= 0.6 is 0 Å². The Bertz CT molecular complexity index is 2380. The number of nitrogens with two attached hydrogens (primary N) is 2. The first kappa shape index (κ1) is 47.8. The molecule has 15 nitrogen and oxygen atoms in total. The number of aryl methyl sites for hydroxylation is 1. The Labute approximate surface area is 378 Å². The van der Waals surface area contributed by atoms with Gasteiger partial charge in [-0.05, 0) is 102 Å². The highest BCUT2D eigenvalue weighted by atomic mass is 19.1. The Kier molecular flexibility index (Phi) is 12.7. The zero-order valence-electron chi connectivity index (χ0n) is 38.5. The average molecular weight is 894 g/mol. The van der Waals surface area contributed by atoms with Crippen LogP contribution < -0.4 is 11.5 Å². The number of halogens is 1. The standard InChI is InChI=1S/C49H60FN7O8/c1-29-28-34(50)20-21-35(29)57-36(30-12-16-32(17-13-30)48(42(51)60)24-10-26-55(48)40(58)38(46(2,3)4)53(8)44(62)63)22-23-37(57)31-14-18-33(19-15-31)49(43(52)61)25-11-27-56(49)41(59)39(47(5,6)7)54(9)45(64)65/h12-23,28,38-39H,10-11,24-27H2,1-9H3,(H2,51,60)(H2,52,61)(H,62,63)(H,64,65)/t38-,39-,48+,49+/m1/s1. The molecule has 65 heavy (non-hydrogen) atoms. The Balaban J connectivity index is 1.43. The first-order valence-electron chi connectivity index (χ1n) is 21.6. The lowest BCUT2D eigenvalue weighted by atomic mass is 9.82. The summed E-state index contributed by atoms with van der Waals surface area (Å²) in [5.41, 5.74) is 12.7. The number of carbonyl (C=O) groups excluding carboxylic acids is 4. The van der Waals surface area contributed by atoms with E-state index in [1.807, 2.05) is 41.0 Å². The number of aromatic nitrogens is 1. The van der Waals surface area contributed by atoms with E-state index in [-0.39, 0.29) is 25.9 Å². The Morgan fingerprint density at radius 2 is 1.00 bits per heavy atom. The van der Waals surface area contributed by atoms with E-state index >= 15 is 0 Å². The number of amides is 6. The van der Waals surface area contributed by atoms with Crippen LogP contribution in [0.25, 0.3) is 28.2 Å². The van der Waals surface area contributed by atoms with Crippen LogP contribution in [-0.4, -0.2) is 109 Å². The van der Waals surface area contributed by atoms with Gasteiger partial charge in [0.25, 0.3) is 0 Å². The number of benzene rings is 3. The number of hydrogen-bond acceptors (Lipinski definition) is 6. The fraction of sp³-hybridized carbons (Fsp3) is 0.429. The molecule has 2 saturated heterocycles. The number of hydrogen-bond donors (Lipinski definition) is 4. The van der Waals surface area contributed by atoms with Gasteiger partial charge < -0.3 is 36.0 Å². The zero-order chi connectivity index (χ0) is 48.1. The number of carbonyl (C=O) groups is 6. The maximum absolute atomic E-state index is 14.6. The van der Waals surface area contributed by atoms with E-state index in [4.69, 9.17) is 11.5 Å². The molecule has 0 bridgehead atoms. The van der Waals surface area contributed by atoms with Gasteiger partial charge in [-0.3, -0.25) is 29.0 Å². The molecule has 4 atom stereocenters. The molecule has 6 rings (SSSR count). The van der Waals surface area contributed by atoms with Crippen LogP contribution in [0.15, 0.2) is 78.9 Å². The smallest absolute Gasteiger partial charge is 0.407 e. The molecule has 0 saturated carbocycles. The summed E-state index contributed by atoms with van der Waals surface area (Å²) in [6.07, 6.45) is -1.14. The molecule has 0 aliphatic carbocycles. The summed E-state index contributed by atoms with van der Waals surface area (Å²) < 4.78 is 16.6. The van der Waals surface area contributed by atoms with Crippen molar-refractivity contribution in [3.63, 3.8) is 0 Å². The van der Waals surface area contributed by atoms with Crippen molar-refractivity contribution < 1.29 is 43.4 Å². The van der Waals surface area contributed by atoms with E-state index in [1.165, 1.54) is 36.0 Å². The van der Waals surface area contributed by atoms with E-state index in [2.05, 4.69) is 0 Å². The minimum atomic E-state index is -1.54. The first-order chi connectivity index (χ1) is 30.3. The Morgan fingerprint density at radius 3 is 1.31 bits per heavy atom. The van der Waals surface area contributed by atoms with E-state index in [9.17, 15) is 43.4 Å². The summed E-state index contributed by atoms with van der Waals surface area (Å²) in [6, 6.07) is 20.3. The van der Waals surface area contributed by atoms with Crippen molar-refractivity contribution in [2.24, 2.45) is 22.3 Å². The SMILES string of the molecule is Cc1cc(F)ccc1-n1c(-c2ccc([C@]3(C(N)=O)CCCN3C(=O)[C@@H](N(C)C(=O)O)C(C)(C)C)cc2)ccc1-c1ccc([C@]2(C(N)=O)CCCN2C(=O)[C@@H](N(C)C(=O)O)C(C)(C)C)cc1. The lowest BCUT2D eigenvalue weighted by Gasteiger charge is -2.43. The van der Waals surface area contributed by atoms with Gasteiger partial charge in [0.05, 0.1) is 11.4 Å². The van der Waals surface area contributed by atoms with Crippen LogP contribution in [0.2, 0.25) is 0 Å². The number of likely N-dealkylation sites (N-methyl/N-ethyl adjacent to an activating group) is 2. The van der Waals surface area contributed by atoms with Crippen molar-refractivity contribution in [2.75, 3.05) is 27.2 Å². The largest absolute Gasteiger partial charge is 0.465 e. The molecular weight excluding hydrogens is 834 g/mol. The van der Waals surface area contributed by atoms with Gasteiger partial charge in [0, 0.05) is 32.9 Å². The summed E-state index contributed by atoms with van der Waals surface area (Å²) in [5.74, 6) is -2.92. The highest BCUT2D eigenvalue weighted by Crippen LogP contribution is 2.44. The fourth-order valence-electron chi connectivity index (χ4n) is 10.2. The maximum Gasteiger partial charge on any atom is 0.407 e. The number of nitrogens with zero attached hydrogens (tertiary/aromatic N) is 5. The van der Waals surface area contributed by atoms with Crippen LogP contribution in [0.1, 0.15) is 83.9 Å². The molecule has 3 heterocycles. The van der Waals surface area contributed by atoms with Crippen molar-refractivity contribution in [2.45, 2.75) is 97.3 Å². The van der Waals surface area contributed by atoms with E-state index in [1.54, 1.807) is 78.8 Å². The third-order valence-corrected chi connectivity index (χ3v) is 13.2. The van der Waals surface area contributed by atoms with Gasteiger partial charge >= 0.3 is 12.2 Å². The average Bonchev–Trinajstić information content (AvgIpc) is 3.99. The molecule has 1 aromatic heterocycles. The van der Waals surface area contributed by atoms with Gasteiger partial charge in [-0.15, -0.1) is 0 Å². The summed E-state index contributed by atoms with van der Waals surface area (Å²) >= 11 is 0. The van der Waals surface area contributed by atoms with Gasteiger partial charge in [-0.2, -0.15) is 0 Å². The third kappa shape index (κ3) is 8.30. The van der Waals surface area contributed by atoms with Crippen LogP contribution in [-0.2, 0) is 30.3 Å².